The summed E-state index contributed by atoms with van der Waals surface area (Å²) in [4.78, 5) is 36.4. The number of imide groups is 1. The second-order valence-corrected chi connectivity index (χ2v) is 8.32. The van der Waals surface area contributed by atoms with E-state index in [1.54, 1.807) is 17.7 Å². The number of hydrogen-bond acceptors (Lipinski definition) is 6. The van der Waals surface area contributed by atoms with Gasteiger partial charge < -0.3 is 5.32 Å². The van der Waals surface area contributed by atoms with E-state index < -0.39 is 0 Å². The average Bonchev–Trinajstić information content (AvgIpc) is 3.15. The van der Waals surface area contributed by atoms with Crippen molar-refractivity contribution in [2.24, 2.45) is 5.92 Å². The van der Waals surface area contributed by atoms with E-state index in [0.717, 1.165) is 28.1 Å². The lowest BCUT2D eigenvalue weighted by Gasteiger charge is -2.18. The summed E-state index contributed by atoms with van der Waals surface area (Å²) in [6.45, 7) is 3.26. The third kappa shape index (κ3) is 2.77. The zero-order valence-electron chi connectivity index (χ0n) is 13.4. The number of nitrogens with one attached hydrogen (secondary N) is 1. The molecule has 1 N–H and O–H groups in total. The molecule has 126 valence electrons. The van der Waals surface area contributed by atoms with Crippen LogP contribution in [0.3, 0.4) is 0 Å². The highest BCUT2D eigenvalue weighted by Crippen LogP contribution is 2.40. The first kappa shape index (κ1) is 15.8. The Labute approximate surface area is 148 Å². The molecule has 1 saturated heterocycles. The Bertz CT molecular complexity index is 820. The Morgan fingerprint density at radius 2 is 2.38 bits per heavy atom. The molecule has 0 unspecified atom stereocenters. The Morgan fingerprint density at radius 3 is 3.17 bits per heavy atom. The summed E-state index contributed by atoms with van der Waals surface area (Å²) in [6, 6.07) is -0.296. The van der Waals surface area contributed by atoms with Gasteiger partial charge in [-0.1, -0.05) is 18.7 Å². The minimum absolute atomic E-state index is 0.167. The van der Waals surface area contributed by atoms with Crippen LogP contribution in [-0.2, 0) is 17.6 Å². The number of urea groups is 1. The highest BCUT2D eigenvalue weighted by molar-refractivity contribution is 8.00. The number of carbonyl (C=O) groups is 2. The monoisotopic (exact) mass is 362 g/mol. The number of rotatable bonds is 3. The van der Waals surface area contributed by atoms with Gasteiger partial charge in [-0.3, -0.25) is 9.69 Å². The number of nitrogens with zero attached hydrogens (tertiary/aromatic N) is 3. The third-order valence-corrected chi connectivity index (χ3v) is 6.68. The summed E-state index contributed by atoms with van der Waals surface area (Å²) in [7, 11) is 0. The van der Waals surface area contributed by atoms with E-state index in [-0.39, 0.29) is 17.7 Å². The lowest BCUT2D eigenvalue weighted by Crippen LogP contribution is -2.35. The molecule has 1 aliphatic carbocycles. The molecular weight excluding hydrogens is 344 g/mol. The van der Waals surface area contributed by atoms with E-state index in [1.807, 2.05) is 0 Å². The van der Waals surface area contributed by atoms with Crippen molar-refractivity contribution in [1.29, 1.82) is 0 Å². The zero-order chi connectivity index (χ0) is 16.7. The highest BCUT2D eigenvalue weighted by Gasteiger charge is 2.27. The predicted octanol–water partition coefficient (Wildman–Crippen LogP) is 2.46. The number of carbonyl (C=O) groups excluding carboxylic acids is 2. The molecule has 0 radical (unpaired) electrons. The fourth-order valence-corrected chi connectivity index (χ4v) is 5.59. The van der Waals surface area contributed by atoms with Crippen molar-refractivity contribution >= 4 is 45.3 Å². The highest BCUT2D eigenvalue weighted by atomic mass is 32.2. The van der Waals surface area contributed by atoms with Gasteiger partial charge in [0.05, 0.1) is 5.75 Å². The molecule has 0 aromatic carbocycles. The van der Waals surface area contributed by atoms with E-state index in [2.05, 4.69) is 22.2 Å². The zero-order valence-corrected chi connectivity index (χ0v) is 15.0. The molecule has 3 amide bonds. The van der Waals surface area contributed by atoms with Gasteiger partial charge in [-0.05, 0) is 30.7 Å². The summed E-state index contributed by atoms with van der Waals surface area (Å²) in [5, 5.41) is 4.63. The van der Waals surface area contributed by atoms with Crippen molar-refractivity contribution in [3.63, 3.8) is 0 Å². The molecule has 1 fully saturated rings. The quantitative estimate of drug-likeness (QED) is 0.670. The molecular formula is C16H18N4O2S2. The average molecular weight is 362 g/mol. The molecule has 1 atom stereocenters. The lowest BCUT2D eigenvalue weighted by atomic mass is 9.89. The first-order valence-electron chi connectivity index (χ1n) is 8.09. The van der Waals surface area contributed by atoms with Gasteiger partial charge in [0, 0.05) is 23.4 Å². The maximum absolute atomic E-state index is 12.2. The lowest BCUT2D eigenvalue weighted by molar-refractivity contribution is -0.124. The van der Waals surface area contributed by atoms with Crippen LogP contribution in [0.4, 0.5) is 4.79 Å². The fraction of sp³-hybridized carbons (Fsp3) is 0.500. The summed E-state index contributed by atoms with van der Waals surface area (Å²) in [5.41, 5.74) is 1.36. The van der Waals surface area contributed by atoms with Crippen molar-refractivity contribution in [3.05, 3.63) is 16.8 Å². The van der Waals surface area contributed by atoms with E-state index in [4.69, 9.17) is 0 Å². The first-order valence-corrected chi connectivity index (χ1v) is 9.90. The van der Waals surface area contributed by atoms with Gasteiger partial charge in [-0.15, -0.1) is 11.3 Å². The SMILES string of the molecule is C[C@@H]1CCc2c(sc3ncnc(SCC(=O)N4CCNC4=O)c23)C1. The number of thiophene rings is 1. The molecule has 4 rings (SSSR count). The van der Waals surface area contributed by atoms with Crippen molar-refractivity contribution < 1.29 is 9.59 Å². The third-order valence-electron chi connectivity index (χ3n) is 4.55. The van der Waals surface area contributed by atoms with E-state index in [9.17, 15) is 9.59 Å². The maximum Gasteiger partial charge on any atom is 0.324 e. The van der Waals surface area contributed by atoms with Crippen LogP contribution in [0.15, 0.2) is 11.4 Å². The Kier molecular flexibility index (Phi) is 4.17. The Balaban J connectivity index is 1.58. The van der Waals surface area contributed by atoms with Crippen LogP contribution in [0.1, 0.15) is 23.8 Å². The van der Waals surface area contributed by atoms with Crippen LogP contribution < -0.4 is 5.32 Å². The molecule has 2 aliphatic rings. The summed E-state index contributed by atoms with van der Waals surface area (Å²) >= 11 is 3.16. The standard InChI is InChI=1S/C16H18N4O2S2/c1-9-2-3-10-11(6-9)24-15-13(10)14(18-8-19-15)23-7-12(21)20-5-4-17-16(20)22/h8-9H,2-7H2,1H3,(H,17,22)/t9-/m1/s1. The molecule has 8 heteroatoms. The maximum atomic E-state index is 12.2. The topological polar surface area (TPSA) is 75.2 Å². The first-order chi connectivity index (χ1) is 11.6. The number of thioether (sulfide) groups is 1. The molecule has 24 heavy (non-hydrogen) atoms. The normalized spacial score (nSPS) is 20.3. The van der Waals surface area contributed by atoms with Crippen molar-refractivity contribution in [1.82, 2.24) is 20.2 Å². The van der Waals surface area contributed by atoms with Gasteiger partial charge in [0.15, 0.2) is 0 Å². The van der Waals surface area contributed by atoms with Gasteiger partial charge in [-0.25, -0.2) is 14.8 Å². The van der Waals surface area contributed by atoms with Crippen LogP contribution >= 0.6 is 23.1 Å². The number of hydrogen-bond donors (Lipinski definition) is 1. The molecule has 6 nitrogen and oxygen atoms in total. The molecule has 1 aliphatic heterocycles. The van der Waals surface area contributed by atoms with Crippen molar-refractivity contribution in [3.8, 4) is 0 Å². The summed E-state index contributed by atoms with van der Waals surface area (Å²) in [5.74, 6) is 0.768. The van der Waals surface area contributed by atoms with Crippen LogP contribution in [0.25, 0.3) is 10.2 Å². The molecule has 2 aromatic heterocycles. The summed E-state index contributed by atoms with van der Waals surface area (Å²) < 4.78 is 0. The number of fused-ring (bicyclic) bond motifs is 3. The molecule has 0 spiro atoms. The van der Waals surface area contributed by atoms with Crippen LogP contribution in [-0.4, -0.2) is 45.6 Å². The van der Waals surface area contributed by atoms with Crippen LogP contribution in [0.2, 0.25) is 0 Å². The predicted molar refractivity (Wildman–Crippen MR) is 94.4 cm³/mol. The van der Waals surface area contributed by atoms with Crippen molar-refractivity contribution in [2.75, 3.05) is 18.8 Å². The van der Waals surface area contributed by atoms with Gasteiger partial charge in [0.1, 0.15) is 16.2 Å². The molecule has 0 saturated carbocycles. The fourth-order valence-electron chi connectivity index (χ4n) is 3.27. The van der Waals surface area contributed by atoms with Crippen LogP contribution in [0.5, 0.6) is 0 Å². The second kappa shape index (κ2) is 6.33. The smallest absolute Gasteiger partial charge is 0.324 e. The largest absolute Gasteiger partial charge is 0.336 e. The molecule has 0 bridgehead atoms. The minimum Gasteiger partial charge on any atom is -0.336 e. The van der Waals surface area contributed by atoms with Gasteiger partial charge in [0.2, 0.25) is 5.91 Å². The molecule has 2 aromatic rings. The van der Waals surface area contributed by atoms with Gasteiger partial charge in [-0.2, -0.15) is 0 Å². The molecule has 3 heterocycles. The van der Waals surface area contributed by atoms with Gasteiger partial charge in [0.25, 0.3) is 0 Å². The van der Waals surface area contributed by atoms with E-state index in [1.165, 1.54) is 33.5 Å². The van der Waals surface area contributed by atoms with Crippen molar-refractivity contribution in [2.45, 2.75) is 31.2 Å². The van der Waals surface area contributed by atoms with E-state index >= 15 is 0 Å². The number of aromatic nitrogens is 2. The van der Waals surface area contributed by atoms with Gasteiger partial charge >= 0.3 is 6.03 Å². The second-order valence-electron chi connectivity index (χ2n) is 6.28. The summed E-state index contributed by atoms with van der Waals surface area (Å²) in [6.07, 6.45) is 4.92. The Hall–Kier alpha value is -1.67. The minimum atomic E-state index is -0.296. The van der Waals surface area contributed by atoms with E-state index in [0.29, 0.717) is 19.0 Å². The van der Waals surface area contributed by atoms with Crippen LogP contribution in [0, 0.1) is 5.92 Å². The number of amides is 3. The Morgan fingerprint density at radius 1 is 1.50 bits per heavy atom. The number of aryl methyl sites for hydroxylation is 1.